The van der Waals surface area contributed by atoms with E-state index in [-0.39, 0.29) is 11.7 Å². The second-order valence-corrected chi connectivity index (χ2v) is 7.14. The number of hydrogen-bond acceptors (Lipinski definition) is 5. The van der Waals surface area contributed by atoms with Gasteiger partial charge < -0.3 is 19.6 Å². The number of carbonyl (C=O) groups is 2. The highest BCUT2D eigenvalue weighted by Gasteiger charge is 2.19. The molecule has 3 aromatic rings. The van der Waals surface area contributed by atoms with Crippen LogP contribution in [0, 0.1) is 0 Å². The summed E-state index contributed by atoms with van der Waals surface area (Å²) >= 11 is 0. The molecule has 0 fully saturated rings. The van der Waals surface area contributed by atoms with Gasteiger partial charge in [0.15, 0.2) is 11.6 Å². The molecule has 0 saturated heterocycles. The number of nitrogens with one attached hydrogen (secondary N) is 2. The molecule has 3 heterocycles. The van der Waals surface area contributed by atoms with Gasteiger partial charge in [0, 0.05) is 24.2 Å². The number of aromatic nitrogens is 3. The van der Waals surface area contributed by atoms with Crippen molar-refractivity contribution >= 4 is 17.5 Å². The molecule has 1 aliphatic heterocycles. The van der Waals surface area contributed by atoms with Crippen molar-refractivity contribution < 1.29 is 14.0 Å². The number of rotatable bonds is 5. The number of aryl methyl sites for hydroxylation is 1. The predicted octanol–water partition coefficient (Wildman–Crippen LogP) is 3.02. The van der Waals surface area contributed by atoms with Crippen LogP contribution in [0.2, 0.25) is 0 Å². The zero-order chi connectivity index (χ0) is 20.2. The minimum atomic E-state index is -0.722. The van der Waals surface area contributed by atoms with Crippen molar-refractivity contribution in [3.05, 3.63) is 54.2 Å². The molecule has 8 heteroatoms. The molecule has 1 aliphatic rings. The first-order valence-electron chi connectivity index (χ1n) is 9.79. The van der Waals surface area contributed by atoms with Crippen LogP contribution < -0.4 is 10.6 Å². The standard InChI is InChI=1S/C21H23N5O3/c1-14(22-21(28)17-9-6-12-29-17)20(27)23-16-8-5-7-15(13-16)19-25-24-18-10-3-2-4-11-26(18)19/h5-9,12-14H,2-4,10-11H2,1H3,(H,22,28)(H,23,27)/t14-/m1/s1. The summed E-state index contributed by atoms with van der Waals surface area (Å²) in [5.41, 5.74) is 1.54. The molecule has 0 unspecified atom stereocenters. The van der Waals surface area contributed by atoms with Crippen molar-refractivity contribution in [2.45, 2.75) is 45.2 Å². The Morgan fingerprint density at radius 1 is 1.14 bits per heavy atom. The van der Waals surface area contributed by atoms with Gasteiger partial charge in [-0.2, -0.15) is 0 Å². The van der Waals surface area contributed by atoms with Crippen LogP contribution in [-0.4, -0.2) is 32.6 Å². The quantitative estimate of drug-likeness (QED) is 0.694. The Balaban J connectivity index is 1.46. The summed E-state index contributed by atoms with van der Waals surface area (Å²) < 4.78 is 7.21. The molecule has 8 nitrogen and oxygen atoms in total. The number of nitrogens with zero attached hydrogens (tertiary/aromatic N) is 3. The van der Waals surface area contributed by atoms with E-state index >= 15 is 0 Å². The average Bonchev–Trinajstić information content (AvgIpc) is 3.34. The minimum absolute atomic E-state index is 0.166. The van der Waals surface area contributed by atoms with Gasteiger partial charge in [-0.3, -0.25) is 9.59 Å². The average molecular weight is 393 g/mol. The first-order chi connectivity index (χ1) is 14.1. The van der Waals surface area contributed by atoms with Crippen molar-refractivity contribution in [2.75, 3.05) is 5.32 Å². The number of furan rings is 1. The number of hydrogen-bond donors (Lipinski definition) is 2. The van der Waals surface area contributed by atoms with Gasteiger partial charge in [-0.25, -0.2) is 0 Å². The van der Waals surface area contributed by atoms with E-state index in [4.69, 9.17) is 4.42 Å². The SMILES string of the molecule is C[C@@H](NC(=O)c1ccco1)C(=O)Nc1cccc(-c2nnc3n2CCCCC3)c1. The molecule has 2 amide bonds. The maximum Gasteiger partial charge on any atom is 0.287 e. The Hall–Kier alpha value is -3.42. The molecule has 1 atom stereocenters. The highest BCUT2D eigenvalue weighted by Crippen LogP contribution is 2.25. The molecule has 4 rings (SSSR count). The van der Waals surface area contributed by atoms with Crippen molar-refractivity contribution in [1.82, 2.24) is 20.1 Å². The van der Waals surface area contributed by atoms with E-state index in [0.29, 0.717) is 5.69 Å². The summed E-state index contributed by atoms with van der Waals surface area (Å²) in [5, 5.41) is 14.2. The van der Waals surface area contributed by atoms with Crippen molar-refractivity contribution in [3.63, 3.8) is 0 Å². The van der Waals surface area contributed by atoms with Gasteiger partial charge >= 0.3 is 0 Å². The van der Waals surface area contributed by atoms with Gasteiger partial charge in [0.05, 0.1) is 6.26 Å². The van der Waals surface area contributed by atoms with E-state index in [2.05, 4.69) is 25.4 Å². The number of anilines is 1. The molecule has 0 spiro atoms. The monoisotopic (exact) mass is 393 g/mol. The third-order valence-electron chi connectivity index (χ3n) is 4.98. The van der Waals surface area contributed by atoms with E-state index in [0.717, 1.165) is 43.0 Å². The molecule has 0 aliphatic carbocycles. The summed E-state index contributed by atoms with van der Waals surface area (Å²) in [5.74, 6) is 1.25. The molecule has 2 N–H and O–H groups in total. The van der Waals surface area contributed by atoms with Crippen LogP contribution in [-0.2, 0) is 17.8 Å². The first-order valence-corrected chi connectivity index (χ1v) is 9.79. The lowest BCUT2D eigenvalue weighted by molar-refractivity contribution is -0.117. The zero-order valence-corrected chi connectivity index (χ0v) is 16.2. The Labute approximate surface area is 168 Å². The summed E-state index contributed by atoms with van der Waals surface area (Å²) in [6.07, 6.45) is 5.80. The number of benzene rings is 1. The van der Waals surface area contributed by atoms with Crippen LogP contribution in [0.25, 0.3) is 11.4 Å². The molecule has 0 bridgehead atoms. The lowest BCUT2D eigenvalue weighted by Gasteiger charge is -2.14. The van der Waals surface area contributed by atoms with Gasteiger partial charge in [-0.05, 0) is 44.0 Å². The van der Waals surface area contributed by atoms with E-state index in [9.17, 15) is 9.59 Å². The zero-order valence-electron chi connectivity index (χ0n) is 16.2. The fourth-order valence-electron chi connectivity index (χ4n) is 3.43. The largest absolute Gasteiger partial charge is 0.459 e. The minimum Gasteiger partial charge on any atom is -0.459 e. The van der Waals surface area contributed by atoms with Crippen molar-refractivity contribution in [2.24, 2.45) is 0 Å². The molecular weight excluding hydrogens is 370 g/mol. The van der Waals surface area contributed by atoms with Crippen molar-refractivity contribution in [1.29, 1.82) is 0 Å². The molecule has 150 valence electrons. The Kier molecular flexibility index (Phi) is 5.41. The number of carbonyl (C=O) groups excluding carboxylic acids is 2. The Bertz CT molecular complexity index is 1010. The fraction of sp³-hybridized carbons (Fsp3) is 0.333. The van der Waals surface area contributed by atoms with Crippen molar-refractivity contribution in [3.8, 4) is 11.4 Å². The van der Waals surface area contributed by atoms with Crippen LogP contribution in [0.5, 0.6) is 0 Å². The second-order valence-electron chi connectivity index (χ2n) is 7.14. The maximum absolute atomic E-state index is 12.5. The molecule has 0 saturated carbocycles. The maximum atomic E-state index is 12.5. The Morgan fingerprint density at radius 3 is 2.86 bits per heavy atom. The molecule has 29 heavy (non-hydrogen) atoms. The second kappa shape index (κ2) is 8.30. The Morgan fingerprint density at radius 2 is 2.03 bits per heavy atom. The lowest BCUT2D eigenvalue weighted by atomic mass is 10.1. The van der Waals surface area contributed by atoms with Gasteiger partial charge in [-0.15, -0.1) is 10.2 Å². The van der Waals surface area contributed by atoms with Crippen LogP contribution in [0.1, 0.15) is 42.6 Å². The molecule has 1 aromatic carbocycles. The van der Waals surface area contributed by atoms with Gasteiger partial charge in [-0.1, -0.05) is 18.6 Å². The third kappa shape index (κ3) is 4.21. The molecule has 0 radical (unpaired) electrons. The molecule has 2 aromatic heterocycles. The fourth-order valence-corrected chi connectivity index (χ4v) is 3.43. The first kappa shape index (κ1) is 18.9. The third-order valence-corrected chi connectivity index (χ3v) is 4.98. The van der Waals surface area contributed by atoms with E-state index in [1.807, 2.05) is 24.3 Å². The highest BCUT2D eigenvalue weighted by molar-refractivity contribution is 6.00. The highest BCUT2D eigenvalue weighted by atomic mass is 16.3. The van der Waals surface area contributed by atoms with Crippen LogP contribution >= 0.6 is 0 Å². The van der Waals surface area contributed by atoms with E-state index in [1.54, 1.807) is 19.1 Å². The normalized spacial score (nSPS) is 14.5. The van der Waals surface area contributed by atoms with E-state index < -0.39 is 11.9 Å². The summed E-state index contributed by atoms with van der Waals surface area (Å²) in [4.78, 5) is 24.5. The summed E-state index contributed by atoms with van der Waals surface area (Å²) in [6, 6.07) is 9.96. The lowest BCUT2D eigenvalue weighted by Crippen LogP contribution is -2.41. The van der Waals surface area contributed by atoms with E-state index in [1.165, 1.54) is 12.7 Å². The van der Waals surface area contributed by atoms with Crippen LogP contribution in [0.15, 0.2) is 47.1 Å². The number of amides is 2. The summed E-state index contributed by atoms with van der Waals surface area (Å²) in [6.45, 7) is 2.53. The van der Waals surface area contributed by atoms with Gasteiger partial charge in [0.1, 0.15) is 11.9 Å². The summed E-state index contributed by atoms with van der Waals surface area (Å²) in [7, 11) is 0. The predicted molar refractivity (Wildman–Crippen MR) is 107 cm³/mol. The van der Waals surface area contributed by atoms with Crippen LogP contribution in [0.3, 0.4) is 0 Å². The topological polar surface area (TPSA) is 102 Å². The smallest absolute Gasteiger partial charge is 0.287 e. The van der Waals surface area contributed by atoms with Gasteiger partial charge in [0.2, 0.25) is 5.91 Å². The van der Waals surface area contributed by atoms with Crippen LogP contribution in [0.4, 0.5) is 5.69 Å². The number of fused-ring (bicyclic) bond motifs is 1. The van der Waals surface area contributed by atoms with Gasteiger partial charge in [0.25, 0.3) is 5.91 Å². The molecular formula is C21H23N5O3.